The monoisotopic (exact) mass is 403 g/mol. The van der Waals surface area contributed by atoms with Crippen molar-refractivity contribution in [1.29, 1.82) is 0 Å². The first-order valence-corrected chi connectivity index (χ1v) is 9.72. The lowest BCUT2D eigenvalue weighted by molar-refractivity contribution is -0.384. The second kappa shape index (κ2) is 8.65. The fourth-order valence-electron chi connectivity index (χ4n) is 3.51. The van der Waals surface area contributed by atoms with E-state index in [1.54, 1.807) is 17.0 Å². The third-order valence-corrected chi connectivity index (χ3v) is 5.00. The molecule has 1 aliphatic rings. The molecule has 1 saturated heterocycles. The molecule has 0 bridgehead atoms. The Balaban J connectivity index is 1.54. The second-order valence-electron chi connectivity index (χ2n) is 7.10. The minimum atomic E-state index is -0.507. The molecule has 1 atom stereocenters. The topological polar surface area (TPSA) is 84.7 Å². The van der Waals surface area contributed by atoms with Gasteiger partial charge >= 0.3 is 0 Å². The van der Waals surface area contributed by atoms with Crippen LogP contribution in [0.15, 0.2) is 78.9 Å². The Morgan fingerprint density at radius 1 is 1.03 bits per heavy atom. The van der Waals surface area contributed by atoms with E-state index in [4.69, 9.17) is 4.74 Å². The third-order valence-electron chi connectivity index (χ3n) is 5.00. The van der Waals surface area contributed by atoms with Gasteiger partial charge in [0.2, 0.25) is 0 Å². The van der Waals surface area contributed by atoms with Crippen molar-refractivity contribution in [2.45, 2.75) is 12.5 Å². The lowest BCUT2D eigenvalue weighted by Crippen LogP contribution is -2.31. The van der Waals surface area contributed by atoms with Gasteiger partial charge in [0.25, 0.3) is 11.6 Å². The molecule has 7 heteroatoms. The van der Waals surface area contributed by atoms with Crippen molar-refractivity contribution in [3.8, 4) is 11.5 Å². The van der Waals surface area contributed by atoms with Gasteiger partial charge in [-0.25, -0.2) is 0 Å². The van der Waals surface area contributed by atoms with Crippen molar-refractivity contribution >= 4 is 17.3 Å². The van der Waals surface area contributed by atoms with E-state index in [1.807, 2.05) is 48.5 Å². The van der Waals surface area contributed by atoms with Crippen LogP contribution < -0.4 is 10.1 Å². The Labute approximate surface area is 174 Å². The number of likely N-dealkylation sites (tertiary alicyclic amines) is 1. The van der Waals surface area contributed by atoms with Crippen LogP contribution in [-0.4, -0.2) is 34.9 Å². The highest BCUT2D eigenvalue weighted by atomic mass is 16.6. The predicted octanol–water partition coefficient (Wildman–Crippen LogP) is 4.71. The van der Waals surface area contributed by atoms with Crippen LogP contribution in [0.5, 0.6) is 11.5 Å². The van der Waals surface area contributed by atoms with Gasteiger partial charge in [-0.1, -0.05) is 36.4 Å². The van der Waals surface area contributed by atoms with E-state index in [2.05, 4.69) is 5.32 Å². The van der Waals surface area contributed by atoms with Gasteiger partial charge in [-0.15, -0.1) is 0 Å². The molecule has 1 heterocycles. The summed E-state index contributed by atoms with van der Waals surface area (Å²) in [6.07, 6.45) is 0.796. The van der Waals surface area contributed by atoms with Crippen LogP contribution in [-0.2, 0) is 0 Å². The zero-order valence-electron chi connectivity index (χ0n) is 16.2. The molecular formula is C23H21N3O4. The Hall–Kier alpha value is -3.87. The molecule has 0 aliphatic carbocycles. The Bertz CT molecular complexity index is 1040. The molecule has 7 nitrogen and oxygen atoms in total. The van der Waals surface area contributed by atoms with E-state index >= 15 is 0 Å². The minimum Gasteiger partial charge on any atom is -0.457 e. The number of hydrogen-bond donors (Lipinski definition) is 1. The molecule has 0 aromatic heterocycles. The van der Waals surface area contributed by atoms with Crippen LogP contribution in [0.2, 0.25) is 0 Å². The van der Waals surface area contributed by atoms with Gasteiger partial charge < -0.3 is 15.0 Å². The summed E-state index contributed by atoms with van der Waals surface area (Å²) in [6, 6.07) is 23.1. The number of amides is 1. The van der Waals surface area contributed by atoms with Crippen molar-refractivity contribution in [3.05, 3.63) is 94.5 Å². The van der Waals surface area contributed by atoms with Gasteiger partial charge in [0, 0.05) is 37.0 Å². The van der Waals surface area contributed by atoms with Crippen LogP contribution in [0.4, 0.5) is 11.4 Å². The van der Waals surface area contributed by atoms with Gasteiger partial charge in [0.1, 0.15) is 11.5 Å². The summed E-state index contributed by atoms with van der Waals surface area (Å²) >= 11 is 0. The summed E-state index contributed by atoms with van der Waals surface area (Å²) in [4.78, 5) is 25.7. The first-order chi connectivity index (χ1) is 14.6. The Kier molecular flexibility index (Phi) is 5.61. The number of nitrogens with one attached hydrogen (secondary N) is 1. The molecule has 3 aromatic rings. The number of rotatable bonds is 6. The van der Waals surface area contributed by atoms with Crippen LogP contribution >= 0.6 is 0 Å². The average molecular weight is 403 g/mol. The van der Waals surface area contributed by atoms with E-state index < -0.39 is 4.92 Å². The number of carbonyl (C=O) groups excluding carboxylic acids is 1. The smallest absolute Gasteiger partial charge is 0.270 e. The van der Waals surface area contributed by atoms with E-state index in [9.17, 15) is 14.9 Å². The number of non-ortho nitro benzene ring substituents is 1. The number of hydrogen-bond acceptors (Lipinski definition) is 5. The lowest BCUT2D eigenvalue weighted by Gasteiger charge is -2.19. The average Bonchev–Trinajstić information content (AvgIpc) is 3.23. The molecule has 3 aromatic carbocycles. The summed E-state index contributed by atoms with van der Waals surface area (Å²) in [7, 11) is 0. The van der Waals surface area contributed by atoms with E-state index in [0.29, 0.717) is 24.6 Å². The fourth-order valence-corrected chi connectivity index (χ4v) is 3.51. The summed E-state index contributed by atoms with van der Waals surface area (Å²) in [5.41, 5.74) is 1.05. The second-order valence-corrected chi connectivity index (χ2v) is 7.10. The van der Waals surface area contributed by atoms with Gasteiger partial charge in [-0.2, -0.15) is 0 Å². The van der Waals surface area contributed by atoms with E-state index in [0.717, 1.165) is 12.1 Å². The number of carbonyl (C=O) groups is 1. The van der Waals surface area contributed by atoms with Gasteiger partial charge in [0.05, 0.1) is 10.5 Å². The number of ether oxygens (including phenoxy) is 1. The number of nitrogens with zero attached hydrogens (tertiary/aromatic N) is 2. The molecule has 0 saturated carbocycles. The van der Waals surface area contributed by atoms with Gasteiger partial charge in [-0.3, -0.25) is 14.9 Å². The molecule has 1 aliphatic heterocycles. The Morgan fingerprint density at radius 3 is 2.43 bits per heavy atom. The summed E-state index contributed by atoms with van der Waals surface area (Å²) in [5, 5.41) is 14.7. The zero-order chi connectivity index (χ0) is 20.9. The first kappa shape index (κ1) is 19.4. The van der Waals surface area contributed by atoms with Crippen molar-refractivity contribution < 1.29 is 14.5 Å². The maximum absolute atomic E-state index is 13.2. The van der Waals surface area contributed by atoms with Crippen LogP contribution in [0, 0.1) is 10.1 Å². The molecule has 1 unspecified atom stereocenters. The van der Waals surface area contributed by atoms with Crippen LogP contribution in [0.25, 0.3) is 0 Å². The lowest BCUT2D eigenvalue weighted by atomic mass is 10.1. The van der Waals surface area contributed by atoms with Crippen LogP contribution in [0.3, 0.4) is 0 Å². The van der Waals surface area contributed by atoms with Gasteiger partial charge in [-0.05, 0) is 36.8 Å². The minimum absolute atomic E-state index is 0.119. The van der Waals surface area contributed by atoms with Gasteiger partial charge in [0.15, 0.2) is 0 Å². The van der Waals surface area contributed by atoms with E-state index in [1.165, 1.54) is 18.2 Å². The predicted molar refractivity (Wildman–Crippen MR) is 114 cm³/mol. The molecular weight excluding hydrogens is 382 g/mol. The highest BCUT2D eigenvalue weighted by molar-refractivity contribution is 5.98. The van der Waals surface area contributed by atoms with Crippen molar-refractivity contribution in [3.63, 3.8) is 0 Å². The normalized spacial score (nSPS) is 15.6. The molecule has 1 N–H and O–H groups in total. The fraction of sp³-hybridized carbons (Fsp3) is 0.174. The number of nitro benzene ring substituents is 1. The molecule has 1 amide bonds. The quantitative estimate of drug-likeness (QED) is 0.476. The molecule has 1 fully saturated rings. The highest BCUT2D eigenvalue weighted by Gasteiger charge is 2.29. The number of benzene rings is 3. The first-order valence-electron chi connectivity index (χ1n) is 9.72. The van der Waals surface area contributed by atoms with E-state index in [-0.39, 0.29) is 23.2 Å². The summed E-state index contributed by atoms with van der Waals surface area (Å²) in [6.45, 7) is 1.08. The molecule has 4 rings (SSSR count). The van der Waals surface area contributed by atoms with Crippen LogP contribution in [0.1, 0.15) is 16.8 Å². The molecule has 30 heavy (non-hydrogen) atoms. The number of para-hydroxylation sites is 2. The SMILES string of the molecule is O=C(c1cc([N+](=O)[O-])ccc1Oc1ccccc1)N1CCC(Nc2ccccc2)C1. The Morgan fingerprint density at radius 2 is 1.73 bits per heavy atom. The molecule has 0 radical (unpaired) electrons. The van der Waals surface area contributed by atoms with Crippen molar-refractivity contribution in [2.24, 2.45) is 0 Å². The number of nitro groups is 1. The molecule has 0 spiro atoms. The maximum Gasteiger partial charge on any atom is 0.270 e. The maximum atomic E-state index is 13.2. The zero-order valence-corrected chi connectivity index (χ0v) is 16.2. The number of anilines is 1. The standard InChI is InChI=1S/C23H21N3O4/c27-23(25-14-13-18(16-25)24-17-7-3-1-4-8-17)21-15-19(26(28)29)11-12-22(21)30-20-9-5-2-6-10-20/h1-12,15,18,24H,13-14,16H2. The highest BCUT2D eigenvalue weighted by Crippen LogP contribution is 2.31. The summed E-state index contributed by atoms with van der Waals surface area (Å²) < 4.78 is 5.86. The molecule has 152 valence electrons. The third kappa shape index (κ3) is 4.41. The largest absolute Gasteiger partial charge is 0.457 e. The summed E-state index contributed by atoms with van der Waals surface area (Å²) in [5.74, 6) is 0.587. The van der Waals surface area contributed by atoms with Crippen molar-refractivity contribution in [1.82, 2.24) is 4.90 Å². The van der Waals surface area contributed by atoms with Crippen molar-refractivity contribution in [2.75, 3.05) is 18.4 Å².